The summed E-state index contributed by atoms with van der Waals surface area (Å²) in [5, 5.41) is 13.3. The molecule has 3 atom stereocenters. The average Bonchev–Trinajstić information content (AvgIpc) is 3.05. The highest BCUT2D eigenvalue weighted by molar-refractivity contribution is 14.0. The number of nitrogens with zero attached hydrogens (tertiary/aromatic N) is 2. The number of hydrogen-bond acceptors (Lipinski definition) is 5. The molecule has 0 spiro atoms. The van der Waals surface area contributed by atoms with Crippen LogP contribution >= 0.6 is 24.0 Å². The van der Waals surface area contributed by atoms with Gasteiger partial charge in [-0.2, -0.15) is 0 Å². The van der Waals surface area contributed by atoms with Crippen LogP contribution in [-0.4, -0.2) is 67.9 Å². The number of ether oxygens (including phenoxy) is 2. The van der Waals surface area contributed by atoms with E-state index in [0.717, 1.165) is 0 Å². The van der Waals surface area contributed by atoms with Gasteiger partial charge in [-0.1, -0.05) is 6.92 Å². The lowest BCUT2D eigenvalue weighted by Crippen LogP contribution is -2.41. The maximum atomic E-state index is 12.9. The second-order valence-electron chi connectivity index (χ2n) is 6.63. The Morgan fingerprint density at radius 2 is 2.07 bits per heavy atom. The van der Waals surface area contributed by atoms with Crippen LogP contribution in [0.2, 0.25) is 0 Å². The quantitative estimate of drug-likeness (QED) is 0.253. The molecule has 158 valence electrons. The Morgan fingerprint density at radius 3 is 2.68 bits per heavy atom. The summed E-state index contributed by atoms with van der Waals surface area (Å²) in [6.45, 7) is 6.06. The summed E-state index contributed by atoms with van der Waals surface area (Å²) in [7, 11) is 1.40. The van der Waals surface area contributed by atoms with Gasteiger partial charge >= 0.3 is 5.97 Å². The van der Waals surface area contributed by atoms with Gasteiger partial charge in [-0.05, 0) is 37.1 Å². The Bertz CT molecular complexity index is 645. The fourth-order valence-electron chi connectivity index (χ4n) is 2.99. The molecule has 7 nitrogen and oxygen atoms in total. The molecule has 0 amide bonds. The van der Waals surface area contributed by atoms with Crippen molar-refractivity contribution in [3.05, 3.63) is 30.1 Å². The van der Waals surface area contributed by atoms with Crippen molar-refractivity contribution in [2.45, 2.75) is 20.0 Å². The molecule has 1 aromatic rings. The largest absolute Gasteiger partial charge is 0.491 e. The molecule has 1 aliphatic rings. The number of aliphatic hydroxyl groups is 1. The first-order valence-electron chi connectivity index (χ1n) is 9.12. The molecular formula is C19H29FIN3O4. The van der Waals surface area contributed by atoms with Gasteiger partial charge in [-0.3, -0.25) is 9.79 Å². The molecule has 1 aliphatic heterocycles. The van der Waals surface area contributed by atoms with Crippen LogP contribution in [0.4, 0.5) is 4.39 Å². The van der Waals surface area contributed by atoms with E-state index in [0.29, 0.717) is 31.3 Å². The van der Waals surface area contributed by atoms with E-state index in [1.165, 1.54) is 31.4 Å². The second kappa shape index (κ2) is 12.1. The minimum absolute atomic E-state index is 0. The SMILES string of the molecule is CCNC(=NCC(O)COc1ccc(F)cc1)N1CC(C)C(C(=O)OC)C1.I. The second-order valence-corrected chi connectivity index (χ2v) is 6.63. The molecule has 9 heteroatoms. The van der Waals surface area contributed by atoms with Crippen LogP contribution in [0.25, 0.3) is 0 Å². The van der Waals surface area contributed by atoms with E-state index in [-0.39, 0.29) is 60.8 Å². The number of nitrogens with one attached hydrogen (secondary N) is 1. The smallest absolute Gasteiger partial charge is 0.310 e. The molecule has 2 N–H and O–H groups in total. The maximum absolute atomic E-state index is 12.9. The number of benzene rings is 1. The predicted molar refractivity (Wildman–Crippen MR) is 116 cm³/mol. The molecule has 1 fully saturated rings. The van der Waals surface area contributed by atoms with Crippen LogP contribution in [0.15, 0.2) is 29.3 Å². The number of likely N-dealkylation sites (tertiary alicyclic amines) is 1. The minimum Gasteiger partial charge on any atom is -0.491 e. The van der Waals surface area contributed by atoms with E-state index in [9.17, 15) is 14.3 Å². The molecule has 0 aliphatic carbocycles. The van der Waals surface area contributed by atoms with Gasteiger partial charge in [-0.25, -0.2) is 4.39 Å². The van der Waals surface area contributed by atoms with Gasteiger partial charge < -0.3 is 24.8 Å². The monoisotopic (exact) mass is 509 g/mol. The van der Waals surface area contributed by atoms with Crippen LogP contribution in [0, 0.1) is 17.7 Å². The van der Waals surface area contributed by atoms with Gasteiger partial charge in [0.15, 0.2) is 5.96 Å². The Kier molecular flexibility index (Phi) is 10.5. The lowest BCUT2D eigenvalue weighted by molar-refractivity contribution is -0.145. The molecule has 2 rings (SSSR count). The number of methoxy groups -OCH3 is 1. The highest BCUT2D eigenvalue weighted by Gasteiger charge is 2.36. The number of rotatable bonds is 7. The first-order chi connectivity index (χ1) is 12.9. The van der Waals surface area contributed by atoms with Gasteiger partial charge in [0.1, 0.15) is 24.3 Å². The number of carbonyl (C=O) groups excluding carboxylic acids is 1. The third kappa shape index (κ3) is 7.08. The number of carbonyl (C=O) groups is 1. The maximum Gasteiger partial charge on any atom is 0.310 e. The zero-order valence-corrected chi connectivity index (χ0v) is 18.8. The van der Waals surface area contributed by atoms with E-state index in [1.54, 1.807) is 0 Å². The first kappa shape index (κ1) is 24.4. The number of guanidine groups is 1. The molecule has 3 unspecified atom stereocenters. The summed E-state index contributed by atoms with van der Waals surface area (Å²) in [6.07, 6.45) is -0.805. The average molecular weight is 509 g/mol. The van der Waals surface area contributed by atoms with Crippen molar-refractivity contribution in [1.82, 2.24) is 10.2 Å². The lowest BCUT2D eigenvalue weighted by Gasteiger charge is -2.22. The number of aliphatic hydroxyl groups excluding tert-OH is 1. The topological polar surface area (TPSA) is 83.4 Å². The van der Waals surface area contributed by atoms with Gasteiger partial charge in [0.25, 0.3) is 0 Å². The summed E-state index contributed by atoms with van der Waals surface area (Å²) in [5.74, 6) is 0.553. The van der Waals surface area contributed by atoms with E-state index < -0.39 is 6.10 Å². The normalized spacial score (nSPS) is 20.3. The van der Waals surface area contributed by atoms with Crippen molar-refractivity contribution in [2.24, 2.45) is 16.8 Å². The summed E-state index contributed by atoms with van der Waals surface area (Å²) >= 11 is 0. The molecule has 1 saturated heterocycles. The van der Waals surface area contributed by atoms with Crippen molar-refractivity contribution in [2.75, 3.05) is 39.9 Å². The summed E-state index contributed by atoms with van der Waals surface area (Å²) < 4.78 is 23.2. The summed E-state index contributed by atoms with van der Waals surface area (Å²) in [6, 6.07) is 5.62. The van der Waals surface area contributed by atoms with Gasteiger partial charge in [0.05, 0.1) is 19.6 Å². The molecule has 0 saturated carbocycles. The van der Waals surface area contributed by atoms with E-state index >= 15 is 0 Å². The van der Waals surface area contributed by atoms with Crippen LogP contribution in [-0.2, 0) is 9.53 Å². The Balaban J connectivity index is 0.00000392. The van der Waals surface area contributed by atoms with E-state index in [2.05, 4.69) is 10.3 Å². The van der Waals surface area contributed by atoms with Crippen LogP contribution in [0.5, 0.6) is 5.75 Å². The molecule has 1 aromatic carbocycles. The minimum atomic E-state index is -0.805. The number of aliphatic imine (C=N–C) groups is 1. The molecular weight excluding hydrogens is 480 g/mol. The third-order valence-corrected chi connectivity index (χ3v) is 4.46. The fourth-order valence-corrected chi connectivity index (χ4v) is 2.99. The van der Waals surface area contributed by atoms with Crippen molar-refractivity contribution < 1.29 is 23.8 Å². The Hall–Kier alpha value is -1.62. The summed E-state index contributed by atoms with van der Waals surface area (Å²) in [5.41, 5.74) is 0. The van der Waals surface area contributed by atoms with Crippen molar-refractivity contribution >= 4 is 35.9 Å². The molecule has 0 bridgehead atoms. The number of halogens is 2. The van der Waals surface area contributed by atoms with Crippen molar-refractivity contribution in [3.63, 3.8) is 0 Å². The molecule has 1 heterocycles. The molecule has 0 aromatic heterocycles. The van der Waals surface area contributed by atoms with E-state index in [1.807, 2.05) is 18.7 Å². The standard InChI is InChI=1S/C19H28FN3O4.HI/c1-4-21-19(23-10-13(2)17(11-23)18(25)26-3)22-9-15(24)12-27-16-7-5-14(20)6-8-16;/h5-8,13,15,17,24H,4,9-12H2,1-3H3,(H,21,22);1H. The highest BCUT2D eigenvalue weighted by Crippen LogP contribution is 2.24. The third-order valence-electron chi connectivity index (χ3n) is 4.46. The van der Waals surface area contributed by atoms with Gasteiger partial charge in [0.2, 0.25) is 0 Å². The van der Waals surface area contributed by atoms with Crippen LogP contribution in [0.1, 0.15) is 13.8 Å². The van der Waals surface area contributed by atoms with Gasteiger partial charge in [-0.15, -0.1) is 24.0 Å². The first-order valence-corrected chi connectivity index (χ1v) is 9.12. The van der Waals surface area contributed by atoms with Crippen LogP contribution < -0.4 is 10.1 Å². The Labute approximate surface area is 182 Å². The zero-order valence-electron chi connectivity index (χ0n) is 16.4. The highest BCUT2D eigenvalue weighted by atomic mass is 127. The van der Waals surface area contributed by atoms with Crippen LogP contribution in [0.3, 0.4) is 0 Å². The Morgan fingerprint density at radius 1 is 1.39 bits per heavy atom. The van der Waals surface area contributed by atoms with Crippen molar-refractivity contribution in [3.8, 4) is 5.75 Å². The summed E-state index contributed by atoms with van der Waals surface area (Å²) in [4.78, 5) is 18.3. The predicted octanol–water partition coefficient (Wildman–Crippen LogP) is 1.89. The molecule has 28 heavy (non-hydrogen) atoms. The van der Waals surface area contributed by atoms with E-state index in [4.69, 9.17) is 9.47 Å². The zero-order chi connectivity index (χ0) is 19.8. The van der Waals surface area contributed by atoms with Gasteiger partial charge in [0, 0.05) is 19.6 Å². The fraction of sp³-hybridized carbons (Fsp3) is 0.579. The van der Waals surface area contributed by atoms with Crippen molar-refractivity contribution in [1.29, 1.82) is 0 Å². The number of hydrogen-bond donors (Lipinski definition) is 2. The lowest BCUT2D eigenvalue weighted by atomic mass is 9.99. The molecule has 0 radical (unpaired) electrons. The number of esters is 1.